The first-order valence-electron chi connectivity index (χ1n) is 6.16. The van der Waals surface area contributed by atoms with E-state index in [0.717, 1.165) is 17.1 Å². The molecule has 0 aromatic carbocycles. The Labute approximate surface area is 112 Å². The Morgan fingerprint density at radius 3 is 2.68 bits per heavy atom. The van der Waals surface area contributed by atoms with Crippen molar-refractivity contribution in [2.75, 3.05) is 20.3 Å². The molecule has 0 saturated heterocycles. The Hall–Kier alpha value is -2.01. The summed E-state index contributed by atoms with van der Waals surface area (Å²) in [7, 11) is 1.60. The molecule has 0 bridgehead atoms. The molecular weight excluding hydrogens is 244 g/mol. The van der Waals surface area contributed by atoms with Gasteiger partial charge in [0.2, 0.25) is 5.88 Å². The maximum absolute atomic E-state index is 10.9. The summed E-state index contributed by atoms with van der Waals surface area (Å²) in [6.07, 6.45) is 5.59. The van der Waals surface area contributed by atoms with Gasteiger partial charge in [0.25, 0.3) is 0 Å². The Morgan fingerprint density at radius 2 is 2.00 bits per heavy atom. The van der Waals surface area contributed by atoms with Gasteiger partial charge < -0.3 is 9.47 Å². The highest BCUT2D eigenvalue weighted by Gasteiger charge is 2.03. The molecule has 2 rings (SSSR count). The van der Waals surface area contributed by atoms with Crippen LogP contribution >= 0.6 is 0 Å². The third-order valence-corrected chi connectivity index (χ3v) is 2.31. The molecule has 0 saturated carbocycles. The maximum Gasteiger partial charge on any atom is 0.213 e. The zero-order chi connectivity index (χ0) is 14.1. The van der Waals surface area contributed by atoms with Crippen molar-refractivity contribution in [1.29, 1.82) is 0 Å². The van der Waals surface area contributed by atoms with Gasteiger partial charge in [-0.2, -0.15) is 0 Å². The lowest BCUT2D eigenvalue weighted by molar-refractivity contribution is 0.112. The van der Waals surface area contributed by atoms with Gasteiger partial charge in [-0.25, -0.2) is 4.98 Å². The summed E-state index contributed by atoms with van der Waals surface area (Å²) < 4.78 is 10.3. The fourth-order valence-corrected chi connectivity index (χ4v) is 1.47. The number of rotatable bonds is 5. The van der Waals surface area contributed by atoms with Crippen LogP contribution in [0.3, 0.4) is 0 Å². The first-order chi connectivity index (χ1) is 9.35. The van der Waals surface area contributed by atoms with Gasteiger partial charge >= 0.3 is 0 Å². The second kappa shape index (κ2) is 8.16. The molecule has 0 amide bonds. The van der Waals surface area contributed by atoms with Gasteiger partial charge in [-0.05, 0) is 0 Å². The number of methoxy groups -OCH3 is 1. The molecule has 0 fully saturated rings. The molecule has 0 atom stereocenters. The number of fused-ring (bicyclic) bond motifs is 1. The third-order valence-electron chi connectivity index (χ3n) is 2.31. The van der Waals surface area contributed by atoms with Gasteiger partial charge in [0, 0.05) is 48.1 Å². The van der Waals surface area contributed by atoms with E-state index in [0.29, 0.717) is 24.7 Å². The quantitative estimate of drug-likeness (QED) is 0.612. The van der Waals surface area contributed by atoms with Gasteiger partial charge in [0.1, 0.15) is 6.61 Å². The number of carbonyl (C=O) groups excluding carboxylic acids is 1. The lowest BCUT2D eigenvalue weighted by Crippen LogP contribution is -2.05. The van der Waals surface area contributed by atoms with Gasteiger partial charge in [0.05, 0.1) is 6.61 Å². The molecule has 2 aromatic heterocycles. The molecule has 19 heavy (non-hydrogen) atoms. The van der Waals surface area contributed by atoms with E-state index in [1.807, 2.05) is 13.8 Å². The van der Waals surface area contributed by atoms with Crippen LogP contribution in [-0.4, -0.2) is 36.6 Å². The van der Waals surface area contributed by atoms with E-state index in [4.69, 9.17) is 9.47 Å². The Morgan fingerprint density at radius 1 is 1.21 bits per heavy atom. The smallest absolute Gasteiger partial charge is 0.213 e. The second-order valence-corrected chi connectivity index (χ2v) is 3.43. The van der Waals surface area contributed by atoms with Gasteiger partial charge in [0.15, 0.2) is 6.29 Å². The van der Waals surface area contributed by atoms with Crippen LogP contribution in [-0.2, 0) is 4.74 Å². The summed E-state index contributed by atoms with van der Waals surface area (Å²) >= 11 is 0. The number of carbonyl (C=O) groups is 1. The van der Waals surface area contributed by atoms with Crippen molar-refractivity contribution in [2.45, 2.75) is 13.8 Å². The summed E-state index contributed by atoms with van der Waals surface area (Å²) in [5.74, 6) is 0.476. The van der Waals surface area contributed by atoms with E-state index >= 15 is 0 Å². The zero-order valence-electron chi connectivity index (χ0n) is 11.4. The topological polar surface area (TPSA) is 61.3 Å². The lowest BCUT2D eigenvalue weighted by atomic mass is 10.1. The van der Waals surface area contributed by atoms with Crippen molar-refractivity contribution >= 4 is 17.1 Å². The van der Waals surface area contributed by atoms with Crippen molar-refractivity contribution in [3.05, 3.63) is 30.2 Å². The highest BCUT2D eigenvalue weighted by Crippen LogP contribution is 2.19. The molecule has 0 aliphatic carbocycles. The van der Waals surface area contributed by atoms with E-state index in [1.165, 1.54) is 6.20 Å². The minimum Gasteiger partial charge on any atom is -0.475 e. The fourth-order valence-electron chi connectivity index (χ4n) is 1.47. The number of hydrogen-bond acceptors (Lipinski definition) is 5. The summed E-state index contributed by atoms with van der Waals surface area (Å²) in [6, 6.07) is 1.73. The van der Waals surface area contributed by atoms with Gasteiger partial charge in [-0.3, -0.25) is 9.78 Å². The van der Waals surface area contributed by atoms with Crippen molar-refractivity contribution in [3.8, 4) is 5.88 Å². The van der Waals surface area contributed by atoms with Crippen LogP contribution < -0.4 is 4.74 Å². The van der Waals surface area contributed by atoms with Crippen molar-refractivity contribution in [2.24, 2.45) is 0 Å². The van der Waals surface area contributed by atoms with Crippen LogP contribution in [0.25, 0.3) is 10.8 Å². The number of nitrogens with zero attached hydrogens (tertiary/aromatic N) is 2. The zero-order valence-corrected chi connectivity index (χ0v) is 11.4. The summed E-state index contributed by atoms with van der Waals surface area (Å²) in [6.45, 7) is 4.92. The molecule has 0 unspecified atom stereocenters. The molecule has 0 radical (unpaired) electrons. The molecule has 102 valence electrons. The molecule has 2 heterocycles. The molecule has 5 nitrogen and oxygen atoms in total. The molecule has 0 spiro atoms. The minimum atomic E-state index is 0.427. The van der Waals surface area contributed by atoms with Gasteiger partial charge in [-0.1, -0.05) is 13.8 Å². The Balaban J connectivity index is 0.000000861. The molecule has 0 N–H and O–H groups in total. The van der Waals surface area contributed by atoms with Crippen LogP contribution in [0.1, 0.15) is 24.2 Å². The van der Waals surface area contributed by atoms with Crippen LogP contribution in [0, 0.1) is 0 Å². The minimum absolute atomic E-state index is 0.427. The first kappa shape index (κ1) is 15.0. The van der Waals surface area contributed by atoms with Crippen LogP contribution in [0.2, 0.25) is 0 Å². The fraction of sp³-hybridized carbons (Fsp3) is 0.357. The number of ether oxygens (including phenoxy) is 2. The molecule has 5 heteroatoms. The summed E-state index contributed by atoms with van der Waals surface area (Å²) in [5.41, 5.74) is 0.529. The standard InChI is InChI=1S/C12H12N2O3.C2H6/c1-16-2-3-17-12-4-11-9(7-14-12)5-13-6-10(11)8-15;1-2/h4-8H,2-3H2,1H3;1-2H3. The van der Waals surface area contributed by atoms with E-state index in [9.17, 15) is 4.79 Å². The SMILES string of the molecule is CC.COCCOc1cc2c(C=O)cncc2cn1. The monoisotopic (exact) mass is 262 g/mol. The highest BCUT2D eigenvalue weighted by atomic mass is 16.5. The average molecular weight is 262 g/mol. The number of pyridine rings is 2. The normalized spacial score (nSPS) is 9.63. The largest absolute Gasteiger partial charge is 0.475 e. The molecular formula is C14H18N2O3. The maximum atomic E-state index is 10.9. The van der Waals surface area contributed by atoms with Crippen LogP contribution in [0.5, 0.6) is 5.88 Å². The second-order valence-electron chi connectivity index (χ2n) is 3.43. The average Bonchev–Trinajstić information content (AvgIpc) is 2.49. The predicted octanol–water partition coefficient (Wildman–Crippen LogP) is 2.49. The first-order valence-corrected chi connectivity index (χ1v) is 6.16. The molecule has 0 aliphatic heterocycles. The lowest BCUT2D eigenvalue weighted by Gasteiger charge is -2.06. The summed E-state index contributed by atoms with van der Waals surface area (Å²) in [4.78, 5) is 18.9. The van der Waals surface area contributed by atoms with E-state index in [-0.39, 0.29) is 0 Å². The van der Waals surface area contributed by atoms with Crippen LogP contribution in [0.15, 0.2) is 24.7 Å². The third kappa shape index (κ3) is 3.99. The Kier molecular flexibility index (Phi) is 6.46. The van der Waals surface area contributed by atoms with Crippen molar-refractivity contribution in [3.63, 3.8) is 0 Å². The number of aromatic nitrogens is 2. The Bertz CT molecular complexity index is 529. The van der Waals surface area contributed by atoms with Crippen LogP contribution in [0.4, 0.5) is 0 Å². The molecule has 0 aliphatic rings. The summed E-state index contributed by atoms with van der Waals surface area (Å²) in [5, 5.41) is 1.60. The number of aldehydes is 1. The van der Waals surface area contributed by atoms with Gasteiger partial charge in [-0.15, -0.1) is 0 Å². The highest BCUT2D eigenvalue weighted by molar-refractivity contribution is 5.97. The molecule has 2 aromatic rings. The predicted molar refractivity (Wildman–Crippen MR) is 73.6 cm³/mol. The van der Waals surface area contributed by atoms with E-state index in [1.54, 1.807) is 25.6 Å². The van der Waals surface area contributed by atoms with E-state index < -0.39 is 0 Å². The van der Waals surface area contributed by atoms with Crippen molar-refractivity contribution in [1.82, 2.24) is 9.97 Å². The van der Waals surface area contributed by atoms with E-state index in [2.05, 4.69) is 9.97 Å². The number of hydrogen-bond donors (Lipinski definition) is 0. The van der Waals surface area contributed by atoms with Crippen molar-refractivity contribution < 1.29 is 14.3 Å².